The van der Waals surface area contributed by atoms with Gasteiger partial charge in [0.25, 0.3) is 0 Å². The number of rotatable bonds is 73. The van der Waals surface area contributed by atoms with E-state index < -0.39 is 97.5 Å². The number of unbranched alkanes of at least 4 members (excludes halogenated alkanes) is 25. The molecule has 19 heteroatoms. The number of allylic oxidation sites excluding steroid dienone is 22. The van der Waals surface area contributed by atoms with E-state index in [0.717, 1.165) is 128 Å². The van der Waals surface area contributed by atoms with Gasteiger partial charge in [-0.05, 0) is 154 Å². The first-order valence-electron chi connectivity index (χ1n) is 39.4. The van der Waals surface area contributed by atoms with Crippen molar-refractivity contribution in [2.24, 2.45) is 0 Å². The predicted octanol–water partition coefficient (Wildman–Crippen LogP) is 22.9. The van der Waals surface area contributed by atoms with E-state index in [-0.39, 0.29) is 25.7 Å². The van der Waals surface area contributed by atoms with Gasteiger partial charge in [0.2, 0.25) is 0 Å². The third-order valence-electron chi connectivity index (χ3n) is 16.1. The van der Waals surface area contributed by atoms with Crippen LogP contribution in [0, 0.1) is 0 Å². The zero-order chi connectivity index (χ0) is 74.6. The maximum absolute atomic E-state index is 13.1. The first kappa shape index (κ1) is 97.2. The van der Waals surface area contributed by atoms with Crippen molar-refractivity contribution in [3.05, 3.63) is 134 Å². The molecule has 0 rings (SSSR count). The van der Waals surface area contributed by atoms with Crippen molar-refractivity contribution in [3.63, 3.8) is 0 Å². The Morgan fingerprint density at radius 2 is 0.510 bits per heavy atom. The average Bonchev–Trinajstić information content (AvgIpc) is 0.923. The third kappa shape index (κ3) is 73.5. The summed E-state index contributed by atoms with van der Waals surface area (Å²) in [5.74, 6) is -2.36. The number of carbonyl (C=O) groups is 4. The SMILES string of the molecule is CCCCC/C=C\C/C=C\C/C=C\C/C=C\C/C=C\CCC(=O)OC[C@H](COP(=O)(O)OC[C@@H](O)COP(=O)(O)OC[C@@H](COC(=O)CCCCCCC/C=C\CCCCCC)OC(=O)CCCCCCC/C=C\CCCCCC)OC(=O)CCC/C=C\C/C=C\C/C=C\C/C=C\CCCCC. The van der Waals surface area contributed by atoms with Crippen LogP contribution in [0.4, 0.5) is 0 Å². The number of aliphatic hydroxyl groups is 1. The van der Waals surface area contributed by atoms with Crippen LogP contribution in [0.2, 0.25) is 0 Å². The number of ether oxygens (including phenoxy) is 4. The minimum atomic E-state index is -5.01. The molecule has 2 unspecified atom stereocenters. The Balaban J connectivity index is 5.48. The third-order valence-corrected chi connectivity index (χ3v) is 18.0. The summed E-state index contributed by atoms with van der Waals surface area (Å²) in [6, 6.07) is 0. The molecule has 0 aliphatic carbocycles. The van der Waals surface area contributed by atoms with Gasteiger partial charge in [-0.1, -0.05) is 264 Å². The Bertz CT molecular complexity index is 2460. The van der Waals surface area contributed by atoms with E-state index in [9.17, 15) is 43.2 Å². The molecule has 0 saturated carbocycles. The molecule has 0 aliphatic heterocycles. The van der Waals surface area contributed by atoms with E-state index in [1.807, 2.05) is 30.4 Å². The van der Waals surface area contributed by atoms with Gasteiger partial charge in [0, 0.05) is 25.7 Å². The van der Waals surface area contributed by atoms with Crippen molar-refractivity contribution in [1.29, 1.82) is 0 Å². The molecule has 0 fully saturated rings. The average molecular weight is 1470 g/mol. The van der Waals surface area contributed by atoms with E-state index in [4.69, 9.17) is 37.0 Å². The van der Waals surface area contributed by atoms with Gasteiger partial charge in [-0.3, -0.25) is 37.3 Å². The Kier molecular flexibility index (Phi) is 71.0. The second-order valence-electron chi connectivity index (χ2n) is 25.9. The molecule has 102 heavy (non-hydrogen) atoms. The molecule has 5 atom stereocenters. The Hall–Kier alpha value is -4.80. The largest absolute Gasteiger partial charge is 0.472 e. The fraction of sp³-hybridized carbons (Fsp3) is 0.687. The molecule has 0 aromatic heterocycles. The molecule has 17 nitrogen and oxygen atoms in total. The van der Waals surface area contributed by atoms with Gasteiger partial charge in [0.1, 0.15) is 19.3 Å². The number of hydrogen-bond donors (Lipinski definition) is 3. The van der Waals surface area contributed by atoms with Crippen LogP contribution in [0.15, 0.2) is 134 Å². The second kappa shape index (κ2) is 74.5. The number of phosphoric ester groups is 2. The van der Waals surface area contributed by atoms with Crippen molar-refractivity contribution in [2.45, 2.75) is 329 Å². The van der Waals surface area contributed by atoms with Gasteiger partial charge < -0.3 is 33.8 Å². The molecule has 0 saturated heterocycles. The Labute approximate surface area is 618 Å². The lowest BCUT2D eigenvalue weighted by Gasteiger charge is -2.21. The lowest BCUT2D eigenvalue weighted by atomic mass is 10.1. The molecule has 0 amide bonds. The molecule has 0 heterocycles. The smallest absolute Gasteiger partial charge is 0.462 e. The summed E-state index contributed by atoms with van der Waals surface area (Å²) in [7, 11) is -10.00. The molecule has 0 radical (unpaired) electrons. The van der Waals surface area contributed by atoms with E-state index in [1.165, 1.54) is 89.9 Å². The van der Waals surface area contributed by atoms with Crippen LogP contribution in [0.5, 0.6) is 0 Å². The van der Waals surface area contributed by atoms with Crippen molar-refractivity contribution < 1.29 is 80.2 Å². The molecule has 0 aromatic rings. The normalized spacial score (nSPS) is 14.6. The summed E-state index contributed by atoms with van der Waals surface area (Å²) < 4.78 is 68.4. The highest BCUT2D eigenvalue weighted by Gasteiger charge is 2.30. The van der Waals surface area contributed by atoms with Gasteiger partial charge in [0.05, 0.1) is 26.4 Å². The van der Waals surface area contributed by atoms with Gasteiger partial charge in [-0.25, -0.2) is 9.13 Å². The summed E-state index contributed by atoms with van der Waals surface area (Å²) >= 11 is 0. The Morgan fingerprint density at radius 1 is 0.275 bits per heavy atom. The van der Waals surface area contributed by atoms with Gasteiger partial charge in [-0.15, -0.1) is 0 Å². The molecule has 0 aromatic carbocycles. The van der Waals surface area contributed by atoms with Crippen LogP contribution in [0.25, 0.3) is 0 Å². The summed E-state index contributed by atoms with van der Waals surface area (Å²) in [5.41, 5.74) is 0. The van der Waals surface area contributed by atoms with E-state index in [1.54, 1.807) is 0 Å². The monoisotopic (exact) mass is 1470 g/mol. The topological polar surface area (TPSA) is 237 Å². The van der Waals surface area contributed by atoms with E-state index in [0.29, 0.717) is 38.5 Å². The van der Waals surface area contributed by atoms with Crippen LogP contribution in [-0.4, -0.2) is 96.7 Å². The fourth-order valence-electron chi connectivity index (χ4n) is 10.0. The summed E-state index contributed by atoms with van der Waals surface area (Å²) in [5, 5.41) is 10.6. The van der Waals surface area contributed by atoms with Crippen LogP contribution in [0.3, 0.4) is 0 Å². The van der Waals surface area contributed by atoms with Crippen LogP contribution in [0.1, 0.15) is 310 Å². The summed E-state index contributed by atoms with van der Waals surface area (Å²) in [6.45, 7) is 4.62. The van der Waals surface area contributed by atoms with Gasteiger partial charge >= 0.3 is 39.5 Å². The molecular weight excluding hydrogens is 1330 g/mol. The molecule has 0 bridgehead atoms. The van der Waals surface area contributed by atoms with Crippen molar-refractivity contribution >= 4 is 39.5 Å². The second-order valence-corrected chi connectivity index (χ2v) is 28.8. The number of hydrogen-bond acceptors (Lipinski definition) is 15. The molecule has 0 spiro atoms. The minimum Gasteiger partial charge on any atom is -0.462 e. The van der Waals surface area contributed by atoms with Crippen LogP contribution < -0.4 is 0 Å². The maximum atomic E-state index is 13.1. The number of aliphatic hydroxyl groups excluding tert-OH is 1. The van der Waals surface area contributed by atoms with Crippen molar-refractivity contribution in [2.75, 3.05) is 39.6 Å². The number of phosphoric acid groups is 2. The fourth-order valence-corrected chi connectivity index (χ4v) is 11.6. The van der Waals surface area contributed by atoms with Gasteiger partial charge in [0.15, 0.2) is 12.2 Å². The van der Waals surface area contributed by atoms with Crippen LogP contribution in [-0.2, 0) is 65.4 Å². The quantitative estimate of drug-likeness (QED) is 0.0169. The van der Waals surface area contributed by atoms with Crippen molar-refractivity contribution in [3.8, 4) is 0 Å². The lowest BCUT2D eigenvalue weighted by Crippen LogP contribution is -2.30. The zero-order valence-corrected chi connectivity index (χ0v) is 65.5. The maximum Gasteiger partial charge on any atom is 0.472 e. The summed E-state index contributed by atoms with van der Waals surface area (Å²) in [6.07, 6.45) is 83.2. The summed E-state index contributed by atoms with van der Waals surface area (Å²) in [4.78, 5) is 72.9. The van der Waals surface area contributed by atoms with E-state index in [2.05, 4.69) is 131 Å². The lowest BCUT2D eigenvalue weighted by molar-refractivity contribution is -0.161. The number of carbonyl (C=O) groups excluding carboxylic acids is 4. The van der Waals surface area contributed by atoms with E-state index >= 15 is 0 Å². The Morgan fingerprint density at radius 3 is 0.863 bits per heavy atom. The van der Waals surface area contributed by atoms with Crippen LogP contribution >= 0.6 is 15.6 Å². The van der Waals surface area contributed by atoms with Gasteiger partial charge in [-0.2, -0.15) is 0 Å². The number of esters is 4. The first-order chi connectivity index (χ1) is 49.7. The minimum absolute atomic E-state index is 0.000197. The predicted molar refractivity (Wildman–Crippen MR) is 418 cm³/mol. The first-order valence-corrected chi connectivity index (χ1v) is 42.4. The standard InChI is InChI=1S/C83H140O17P2/c1-5-9-13-17-21-25-29-33-35-37-38-40-41-45-48-52-56-60-64-68-81(86)94-74-79(100-83(88)70-66-62-58-54-50-46-42-39-36-34-30-26-22-18-14-10-6-2)76-98-102(91,92)96-72-77(84)71-95-101(89,90)97-75-78(99-82(87)69-65-61-57-53-49-44-32-28-24-20-16-12-8-4)73-93-80(85)67-63-59-55-51-47-43-31-27-23-19-15-11-7-3/h21-22,25-28,31-36,38,40,42,45-46,48,54,56,58,60,77-79,84H,5-20,23-24,29-30,37,39,41,43-44,47,49-53,55,57,59,61-76H2,1-4H3,(H,89,90)(H,91,92)/b25-21-,26-22-,31-27-,32-28-,35-33-,36-34-,40-38-,46-42-,48-45-,58-54-,60-56-/t77-,78+,79+/m0/s1. The molecular formula is C83H140O17P2. The molecule has 3 N–H and O–H groups in total. The molecule has 0 aliphatic rings. The zero-order valence-electron chi connectivity index (χ0n) is 63.7. The molecule has 584 valence electrons. The van der Waals surface area contributed by atoms with Crippen molar-refractivity contribution in [1.82, 2.24) is 0 Å². The highest BCUT2D eigenvalue weighted by molar-refractivity contribution is 7.47. The highest BCUT2D eigenvalue weighted by Crippen LogP contribution is 2.45. The highest BCUT2D eigenvalue weighted by atomic mass is 31.2.